The third-order valence-electron chi connectivity index (χ3n) is 2.69. The Labute approximate surface area is 103 Å². The normalized spacial score (nSPS) is 11.0. The molecular formula is C15H19NO. The minimum atomic E-state index is 0.218. The Morgan fingerprint density at radius 3 is 2.88 bits per heavy atom. The van der Waals surface area contributed by atoms with Gasteiger partial charge in [-0.15, -0.1) is 6.58 Å². The van der Waals surface area contributed by atoms with Crippen LogP contribution < -0.4 is 4.74 Å². The minimum absolute atomic E-state index is 0.218. The van der Waals surface area contributed by atoms with Gasteiger partial charge in [-0.3, -0.25) is 0 Å². The third kappa shape index (κ3) is 2.70. The van der Waals surface area contributed by atoms with Crippen LogP contribution in [0.25, 0.3) is 10.9 Å². The zero-order valence-electron chi connectivity index (χ0n) is 10.5. The first kappa shape index (κ1) is 11.8. The topological polar surface area (TPSA) is 14.2 Å². The van der Waals surface area contributed by atoms with Crippen LogP contribution in [0.3, 0.4) is 0 Å². The number of nitrogens with zero attached hydrogens (tertiary/aromatic N) is 1. The molecule has 2 nitrogen and oxygen atoms in total. The summed E-state index contributed by atoms with van der Waals surface area (Å²) in [7, 11) is 0. The lowest BCUT2D eigenvalue weighted by Crippen LogP contribution is -2.05. The van der Waals surface area contributed by atoms with Gasteiger partial charge in [0.05, 0.1) is 6.10 Å². The maximum Gasteiger partial charge on any atom is 0.120 e. The van der Waals surface area contributed by atoms with Gasteiger partial charge in [-0.25, -0.2) is 0 Å². The van der Waals surface area contributed by atoms with Crippen molar-refractivity contribution in [2.45, 2.75) is 32.9 Å². The van der Waals surface area contributed by atoms with E-state index in [2.05, 4.69) is 35.5 Å². The van der Waals surface area contributed by atoms with Gasteiger partial charge >= 0.3 is 0 Å². The predicted molar refractivity (Wildman–Crippen MR) is 72.5 cm³/mol. The molecule has 0 bridgehead atoms. The Hall–Kier alpha value is -1.70. The van der Waals surface area contributed by atoms with E-state index in [9.17, 15) is 0 Å². The zero-order valence-corrected chi connectivity index (χ0v) is 10.5. The summed E-state index contributed by atoms with van der Waals surface area (Å²) >= 11 is 0. The monoisotopic (exact) mass is 229 g/mol. The Morgan fingerprint density at radius 2 is 2.18 bits per heavy atom. The minimum Gasteiger partial charge on any atom is -0.491 e. The Balaban J connectivity index is 2.27. The number of aromatic nitrogens is 1. The van der Waals surface area contributed by atoms with Gasteiger partial charge in [0.2, 0.25) is 0 Å². The Morgan fingerprint density at radius 1 is 1.35 bits per heavy atom. The van der Waals surface area contributed by atoms with Crippen LogP contribution in [0.2, 0.25) is 0 Å². The summed E-state index contributed by atoms with van der Waals surface area (Å²) in [6.07, 6.45) is 5.28. The van der Waals surface area contributed by atoms with Gasteiger partial charge in [0.25, 0.3) is 0 Å². The van der Waals surface area contributed by atoms with Crippen molar-refractivity contribution in [1.82, 2.24) is 4.57 Å². The van der Waals surface area contributed by atoms with Crippen LogP contribution in [0.5, 0.6) is 5.75 Å². The summed E-state index contributed by atoms with van der Waals surface area (Å²) in [6.45, 7) is 8.82. The number of rotatable bonds is 5. The molecule has 0 fully saturated rings. The van der Waals surface area contributed by atoms with Crippen LogP contribution in [0, 0.1) is 0 Å². The molecule has 0 spiro atoms. The van der Waals surface area contributed by atoms with Crippen molar-refractivity contribution in [3.8, 4) is 5.75 Å². The average Bonchev–Trinajstić information content (AvgIpc) is 2.68. The highest BCUT2D eigenvalue weighted by Crippen LogP contribution is 2.23. The van der Waals surface area contributed by atoms with E-state index in [1.807, 2.05) is 26.0 Å². The fourth-order valence-corrected chi connectivity index (χ4v) is 1.95. The molecule has 1 aromatic heterocycles. The molecule has 0 radical (unpaired) electrons. The van der Waals surface area contributed by atoms with Gasteiger partial charge in [-0.2, -0.15) is 0 Å². The molecule has 2 aromatic rings. The van der Waals surface area contributed by atoms with E-state index in [1.54, 1.807) is 0 Å². The number of fused-ring (bicyclic) bond motifs is 1. The van der Waals surface area contributed by atoms with Gasteiger partial charge in [0.1, 0.15) is 5.75 Å². The average molecular weight is 229 g/mol. The molecule has 1 aromatic carbocycles. The summed E-state index contributed by atoms with van der Waals surface area (Å²) in [5.74, 6) is 0.939. The quantitative estimate of drug-likeness (QED) is 0.707. The summed E-state index contributed by atoms with van der Waals surface area (Å²) in [6, 6.07) is 8.38. The first-order valence-corrected chi connectivity index (χ1v) is 6.07. The lowest BCUT2D eigenvalue weighted by atomic mass is 10.2. The van der Waals surface area contributed by atoms with Crippen molar-refractivity contribution >= 4 is 10.9 Å². The third-order valence-corrected chi connectivity index (χ3v) is 2.69. The summed E-state index contributed by atoms with van der Waals surface area (Å²) in [5, 5.41) is 1.23. The number of benzene rings is 1. The van der Waals surface area contributed by atoms with Crippen LogP contribution in [-0.2, 0) is 6.54 Å². The summed E-state index contributed by atoms with van der Waals surface area (Å²) < 4.78 is 7.93. The van der Waals surface area contributed by atoms with Gasteiger partial charge in [-0.05, 0) is 44.5 Å². The van der Waals surface area contributed by atoms with Gasteiger partial charge in [0.15, 0.2) is 0 Å². The molecule has 0 saturated carbocycles. The van der Waals surface area contributed by atoms with Crippen LogP contribution in [-0.4, -0.2) is 10.7 Å². The van der Waals surface area contributed by atoms with Crippen LogP contribution in [0.4, 0.5) is 0 Å². The molecule has 0 aliphatic heterocycles. The summed E-state index contributed by atoms with van der Waals surface area (Å²) in [5.41, 5.74) is 1.25. The second-order valence-electron chi connectivity index (χ2n) is 4.47. The fourth-order valence-electron chi connectivity index (χ4n) is 1.95. The van der Waals surface area contributed by atoms with Gasteiger partial charge in [-0.1, -0.05) is 6.08 Å². The number of allylic oxidation sites excluding steroid dienone is 1. The molecule has 0 atom stereocenters. The number of ether oxygens (including phenoxy) is 1. The molecule has 0 aliphatic rings. The van der Waals surface area contributed by atoms with Gasteiger partial charge < -0.3 is 9.30 Å². The smallest absolute Gasteiger partial charge is 0.120 e. The van der Waals surface area contributed by atoms with Crippen molar-refractivity contribution in [3.63, 3.8) is 0 Å². The zero-order chi connectivity index (χ0) is 12.3. The van der Waals surface area contributed by atoms with Crippen molar-refractivity contribution in [1.29, 1.82) is 0 Å². The molecular weight excluding hydrogens is 210 g/mol. The maximum atomic E-state index is 5.69. The molecule has 17 heavy (non-hydrogen) atoms. The molecule has 0 saturated heterocycles. The number of hydrogen-bond acceptors (Lipinski definition) is 1. The molecule has 90 valence electrons. The lowest BCUT2D eigenvalue weighted by molar-refractivity contribution is 0.243. The number of hydrogen-bond donors (Lipinski definition) is 0. The highest BCUT2D eigenvalue weighted by Gasteiger charge is 2.03. The van der Waals surface area contributed by atoms with Crippen molar-refractivity contribution in [3.05, 3.63) is 43.1 Å². The standard InChI is InChI=1S/C15H19NO/c1-4-5-9-16-10-8-13-11-14(17-12(2)3)6-7-15(13)16/h4,6-8,10-12H,1,5,9H2,2-3H3. The van der Waals surface area contributed by atoms with Gasteiger partial charge in [0, 0.05) is 23.6 Å². The molecule has 0 unspecified atom stereocenters. The molecule has 2 rings (SSSR count). The predicted octanol–water partition coefficient (Wildman–Crippen LogP) is 4.00. The van der Waals surface area contributed by atoms with Crippen molar-refractivity contribution in [2.75, 3.05) is 0 Å². The Bertz CT molecular complexity index is 511. The molecule has 0 N–H and O–H groups in total. The first-order valence-electron chi connectivity index (χ1n) is 6.07. The van der Waals surface area contributed by atoms with E-state index >= 15 is 0 Å². The van der Waals surface area contributed by atoms with E-state index in [1.165, 1.54) is 10.9 Å². The van der Waals surface area contributed by atoms with Crippen LogP contribution in [0.1, 0.15) is 20.3 Å². The van der Waals surface area contributed by atoms with E-state index in [0.717, 1.165) is 18.7 Å². The first-order chi connectivity index (χ1) is 8.20. The van der Waals surface area contributed by atoms with E-state index < -0.39 is 0 Å². The van der Waals surface area contributed by atoms with E-state index in [-0.39, 0.29) is 6.10 Å². The highest BCUT2D eigenvalue weighted by molar-refractivity contribution is 5.81. The highest BCUT2D eigenvalue weighted by atomic mass is 16.5. The van der Waals surface area contributed by atoms with Crippen molar-refractivity contribution < 1.29 is 4.74 Å². The number of aryl methyl sites for hydroxylation is 1. The lowest BCUT2D eigenvalue weighted by Gasteiger charge is -2.10. The fraction of sp³-hybridized carbons (Fsp3) is 0.333. The largest absolute Gasteiger partial charge is 0.491 e. The summed E-state index contributed by atoms with van der Waals surface area (Å²) in [4.78, 5) is 0. The van der Waals surface area contributed by atoms with Crippen molar-refractivity contribution in [2.24, 2.45) is 0 Å². The van der Waals surface area contributed by atoms with Crippen LogP contribution in [0.15, 0.2) is 43.1 Å². The molecule has 1 heterocycles. The molecule has 2 heteroatoms. The SMILES string of the molecule is C=CCCn1ccc2cc(OC(C)C)ccc21. The Kier molecular flexibility index (Phi) is 3.52. The maximum absolute atomic E-state index is 5.69. The van der Waals surface area contributed by atoms with E-state index in [0.29, 0.717) is 0 Å². The second-order valence-corrected chi connectivity index (χ2v) is 4.47. The molecule has 0 amide bonds. The second kappa shape index (κ2) is 5.09. The van der Waals surface area contributed by atoms with Crippen LogP contribution >= 0.6 is 0 Å². The molecule has 0 aliphatic carbocycles. The van der Waals surface area contributed by atoms with E-state index in [4.69, 9.17) is 4.74 Å².